The predicted octanol–water partition coefficient (Wildman–Crippen LogP) is 10.7. The molecule has 0 aliphatic carbocycles. The first-order valence-corrected chi connectivity index (χ1v) is 15.2. The maximum Gasteiger partial charge on any atom is 0.160 e. The van der Waals surface area contributed by atoms with Crippen LogP contribution in [0, 0.1) is 0 Å². The van der Waals surface area contributed by atoms with Crippen molar-refractivity contribution in [1.82, 2.24) is 15.0 Å². The minimum atomic E-state index is 0.737. The summed E-state index contributed by atoms with van der Waals surface area (Å²) in [7, 11) is 0. The van der Waals surface area contributed by atoms with Gasteiger partial charge < -0.3 is 0 Å². The van der Waals surface area contributed by atoms with E-state index >= 15 is 0 Å². The molecule has 0 unspecified atom stereocenters. The van der Waals surface area contributed by atoms with Crippen LogP contribution in [0.2, 0.25) is 0 Å². The van der Waals surface area contributed by atoms with Gasteiger partial charge in [0, 0.05) is 58.4 Å². The zero-order valence-corrected chi connectivity index (χ0v) is 23.8. The number of pyridine rings is 1. The number of fused-ring (bicyclic) bond motifs is 8. The summed E-state index contributed by atoms with van der Waals surface area (Å²) in [5.41, 5.74) is 7.19. The Morgan fingerprint density at radius 3 is 1.84 bits per heavy atom. The van der Waals surface area contributed by atoms with Gasteiger partial charge in [0.25, 0.3) is 0 Å². The minimum absolute atomic E-state index is 0.737. The van der Waals surface area contributed by atoms with Crippen LogP contribution in [0.25, 0.3) is 86.7 Å². The van der Waals surface area contributed by atoms with Crippen LogP contribution in [0.15, 0.2) is 140 Å². The summed E-state index contributed by atoms with van der Waals surface area (Å²) in [6, 6.07) is 48.7. The Balaban J connectivity index is 1.40. The number of aromatic nitrogens is 3. The zero-order valence-electron chi connectivity index (χ0n) is 23.0. The van der Waals surface area contributed by atoms with Crippen LogP contribution in [0.5, 0.6) is 0 Å². The van der Waals surface area contributed by atoms with Crippen molar-refractivity contribution in [2.75, 3.05) is 0 Å². The normalized spacial score (nSPS) is 11.7. The van der Waals surface area contributed by atoms with Gasteiger partial charge in [-0.25, -0.2) is 15.0 Å². The summed E-state index contributed by atoms with van der Waals surface area (Å²) in [5.74, 6) is 0.737. The van der Waals surface area contributed by atoms with Crippen LogP contribution in [-0.4, -0.2) is 15.0 Å². The fourth-order valence-corrected chi connectivity index (χ4v) is 7.62. The molecule has 0 N–H and O–H groups in total. The van der Waals surface area contributed by atoms with Crippen molar-refractivity contribution in [3.05, 3.63) is 140 Å². The van der Waals surface area contributed by atoms with Gasteiger partial charge in [-0.1, -0.05) is 121 Å². The monoisotopic (exact) mass is 565 g/mol. The maximum absolute atomic E-state index is 5.23. The molecular formula is C39H23N3S. The second-order valence-electron chi connectivity index (χ2n) is 10.8. The highest BCUT2D eigenvalue weighted by Gasteiger charge is 2.20. The topological polar surface area (TPSA) is 38.7 Å². The molecule has 6 aromatic carbocycles. The molecule has 3 nitrogen and oxygen atoms in total. The third-order valence-corrected chi connectivity index (χ3v) is 9.45. The highest BCUT2D eigenvalue weighted by atomic mass is 32.1. The SMILES string of the molecule is c1ccc(-c2nc(-c3cccc4sc5c(ccc6c(-c7ccccc7)nc7ccccc7c65)c34)c3ccccc3n2)cc1. The molecule has 0 atom stereocenters. The fourth-order valence-electron chi connectivity index (χ4n) is 6.33. The van der Waals surface area contributed by atoms with Crippen molar-refractivity contribution in [2.24, 2.45) is 0 Å². The van der Waals surface area contributed by atoms with E-state index in [1.807, 2.05) is 35.6 Å². The standard InChI is InChI=1S/C39H23N3S/c1-3-12-24(13-4-1)36-29-22-23-30-34-28(18-11-21-33(34)43-38(30)35(29)26-16-7-9-19-31(26)40-36)37-27-17-8-10-20-32(27)41-39(42-37)25-14-5-2-6-15-25/h1-23H. The van der Waals surface area contributed by atoms with Crippen LogP contribution in [0.1, 0.15) is 0 Å². The van der Waals surface area contributed by atoms with Gasteiger partial charge in [0.1, 0.15) is 0 Å². The van der Waals surface area contributed by atoms with E-state index in [9.17, 15) is 0 Å². The highest BCUT2D eigenvalue weighted by molar-refractivity contribution is 7.27. The first-order chi connectivity index (χ1) is 21.3. The molecule has 0 amide bonds. The Labute approximate surface area is 251 Å². The van der Waals surface area contributed by atoms with E-state index in [4.69, 9.17) is 15.0 Å². The number of rotatable bonds is 3. The average molecular weight is 566 g/mol. The lowest BCUT2D eigenvalue weighted by atomic mass is 9.96. The lowest BCUT2D eigenvalue weighted by Crippen LogP contribution is -1.95. The zero-order chi connectivity index (χ0) is 28.3. The van der Waals surface area contributed by atoms with Gasteiger partial charge >= 0.3 is 0 Å². The first-order valence-electron chi connectivity index (χ1n) is 14.4. The van der Waals surface area contributed by atoms with E-state index in [1.165, 1.54) is 36.3 Å². The summed E-state index contributed by atoms with van der Waals surface area (Å²) in [6.07, 6.45) is 0. The molecule has 43 heavy (non-hydrogen) atoms. The maximum atomic E-state index is 5.23. The van der Waals surface area contributed by atoms with Crippen LogP contribution in [0.3, 0.4) is 0 Å². The summed E-state index contributed by atoms with van der Waals surface area (Å²) in [4.78, 5) is 15.3. The minimum Gasteiger partial charge on any atom is -0.247 e. The van der Waals surface area contributed by atoms with Crippen molar-refractivity contribution in [3.8, 4) is 33.9 Å². The van der Waals surface area contributed by atoms with Crippen LogP contribution in [0.4, 0.5) is 0 Å². The van der Waals surface area contributed by atoms with Gasteiger partial charge in [0.2, 0.25) is 0 Å². The molecule has 4 heteroatoms. The van der Waals surface area contributed by atoms with Gasteiger partial charge in [-0.05, 0) is 18.2 Å². The molecule has 9 aromatic rings. The molecule has 0 bridgehead atoms. The lowest BCUT2D eigenvalue weighted by molar-refractivity contribution is 1.23. The number of para-hydroxylation sites is 2. The van der Waals surface area contributed by atoms with Gasteiger partial charge in [-0.2, -0.15) is 0 Å². The Bertz CT molecular complexity index is 2500. The van der Waals surface area contributed by atoms with Crippen molar-refractivity contribution in [3.63, 3.8) is 0 Å². The molecule has 3 aromatic heterocycles. The van der Waals surface area contributed by atoms with Gasteiger partial charge in [0.15, 0.2) is 5.82 Å². The second-order valence-corrected chi connectivity index (χ2v) is 11.8. The molecule has 200 valence electrons. The van der Waals surface area contributed by atoms with E-state index in [-0.39, 0.29) is 0 Å². The Morgan fingerprint density at radius 1 is 0.395 bits per heavy atom. The van der Waals surface area contributed by atoms with E-state index in [2.05, 4.69) is 115 Å². The average Bonchev–Trinajstić information content (AvgIpc) is 3.47. The smallest absolute Gasteiger partial charge is 0.160 e. The number of hydrogen-bond acceptors (Lipinski definition) is 4. The Kier molecular flexibility index (Phi) is 5.37. The highest BCUT2D eigenvalue weighted by Crippen LogP contribution is 2.46. The van der Waals surface area contributed by atoms with Crippen LogP contribution in [-0.2, 0) is 0 Å². The third kappa shape index (κ3) is 3.77. The fraction of sp³-hybridized carbons (Fsp3) is 0. The van der Waals surface area contributed by atoms with Crippen molar-refractivity contribution in [2.45, 2.75) is 0 Å². The number of thiophene rings is 1. The summed E-state index contributed by atoms with van der Waals surface area (Å²) >= 11 is 1.85. The summed E-state index contributed by atoms with van der Waals surface area (Å²) < 4.78 is 2.52. The Morgan fingerprint density at radius 2 is 1.05 bits per heavy atom. The molecule has 0 spiro atoms. The molecule has 0 saturated heterocycles. The van der Waals surface area contributed by atoms with Gasteiger partial charge in [-0.3, -0.25) is 0 Å². The first kappa shape index (κ1) is 24.2. The van der Waals surface area contributed by atoms with Gasteiger partial charge in [0.05, 0.1) is 22.4 Å². The van der Waals surface area contributed by atoms with E-state index in [0.717, 1.165) is 50.3 Å². The van der Waals surface area contributed by atoms with Crippen molar-refractivity contribution in [1.29, 1.82) is 0 Å². The second kappa shape index (κ2) is 9.55. The van der Waals surface area contributed by atoms with Gasteiger partial charge in [-0.15, -0.1) is 11.3 Å². The van der Waals surface area contributed by atoms with Crippen molar-refractivity contribution >= 4 is 64.1 Å². The molecule has 0 aliphatic heterocycles. The molecule has 0 saturated carbocycles. The number of benzene rings is 6. The van der Waals surface area contributed by atoms with E-state index < -0.39 is 0 Å². The molecular weight excluding hydrogens is 543 g/mol. The molecule has 0 fully saturated rings. The summed E-state index contributed by atoms with van der Waals surface area (Å²) in [6.45, 7) is 0. The molecule has 0 aliphatic rings. The largest absolute Gasteiger partial charge is 0.247 e. The number of nitrogens with zero attached hydrogens (tertiary/aromatic N) is 3. The molecule has 0 radical (unpaired) electrons. The predicted molar refractivity (Wildman–Crippen MR) is 182 cm³/mol. The molecule has 9 rings (SSSR count). The summed E-state index contributed by atoms with van der Waals surface area (Å²) in [5, 5.41) is 7.12. The number of hydrogen-bond donors (Lipinski definition) is 0. The quantitative estimate of drug-likeness (QED) is 0.200. The van der Waals surface area contributed by atoms with Crippen molar-refractivity contribution < 1.29 is 0 Å². The lowest BCUT2D eigenvalue weighted by Gasteiger charge is -2.12. The Hall–Kier alpha value is -5.45. The van der Waals surface area contributed by atoms with Crippen LogP contribution >= 0.6 is 11.3 Å². The van der Waals surface area contributed by atoms with E-state index in [0.29, 0.717) is 0 Å². The third-order valence-electron chi connectivity index (χ3n) is 8.26. The molecule has 3 heterocycles. The van der Waals surface area contributed by atoms with E-state index in [1.54, 1.807) is 0 Å². The van der Waals surface area contributed by atoms with Crippen LogP contribution < -0.4 is 0 Å².